The summed E-state index contributed by atoms with van der Waals surface area (Å²) >= 11 is 1.52. The molecule has 0 aromatic carbocycles. The largest absolute Gasteiger partial charge is 0.284 e. The first kappa shape index (κ1) is 4.95. The summed E-state index contributed by atoms with van der Waals surface area (Å²) in [5, 5.41) is 1.92. The molecular formula is C4H4OPS. The Labute approximate surface area is 47.2 Å². The maximum absolute atomic E-state index is 10.0. The van der Waals surface area contributed by atoms with Gasteiger partial charge < -0.3 is 0 Å². The van der Waals surface area contributed by atoms with Gasteiger partial charge in [-0.3, -0.25) is 4.57 Å². The first-order valence-corrected chi connectivity index (χ1v) is 3.64. The molecule has 0 aliphatic carbocycles. The molecular weight excluding hydrogens is 127 g/mol. The lowest BCUT2D eigenvalue weighted by Crippen LogP contribution is -1.72. The zero-order chi connectivity index (χ0) is 5.11. The van der Waals surface area contributed by atoms with Gasteiger partial charge in [0.25, 0.3) is 0 Å². The predicted octanol–water partition coefficient (Wildman–Crippen LogP) is 1.40. The fourth-order valence-electron chi connectivity index (χ4n) is 0.337. The van der Waals surface area contributed by atoms with Crippen molar-refractivity contribution in [3.8, 4) is 0 Å². The molecule has 0 aliphatic rings. The van der Waals surface area contributed by atoms with Gasteiger partial charge in [-0.1, -0.05) is 6.07 Å². The Hall–Kier alpha value is -0.200. The average Bonchev–Trinajstić information content (AvgIpc) is 2.14. The molecule has 0 saturated carbocycles. The smallest absolute Gasteiger partial charge is 0.100 e. The second-order valence-corrected chi connectivity index (χ2v) is 3.13. The fourth-order valence-corrected chi connectivity index (χ4v) is 1.36. The van der Waals surface area contributed by atoms with Crippen LogP contribution in [0.1, 0.15) is 0 Å². The molecule has 0 spiro atoms. The van der Waals surface area contributed by atoms with Crippen molar-refractivity contribution in [1.82, 2.24) is 0 Å². The van der Waals surface area contributed by atoms with E-state index in [9.17, 15) is 4.57 Å². The van der Waals surface area contributed by atoms with Crippen LogP contribution in [0.4, 0.5) is 0 Å². The van der Waals surface area contributed by atoms with Crippen LogP contribution in [0.3, 0.4) is 0 Å². The molecule has 0 fully saturated rings. The highest BCUT2D eigenvalue weighted by Crippen LogP contribution is 2.01. The highest BCUT2D eigenvalue weighted by Gasteiger charge is 1.82. The Balaban J connectivity index is 2.96. The van der Waals surface area contributed by atoms with Gasteiger partial charge in [0.15, 0.2) is 0 Å². The summed E-state index contributed by atoms with van der Waals surface area (Å²) in [6.45, 7) is 0. The van der Waals surface area contributed by atoms with Crippen molar-refractivity contribution in [2.45, 2.75) is 0 Å². The zero-order valence-electron chi connectivity index (χ0n) is 3.55. The average molecular weight is 131 g/mol. The summed E-state index contributed by atoms with van der Waals surface area (Å²) in [5.41, 5.74) is 0. The molecule has 1 atom stereocenters. The van der Waals surface area contributed by atoms with Crippen LogP contribution in [0.15, 0.2) is 17.5 Å². The van der Waals surface area contributed by atoms with Crippen molar-refractivity contribution in [1.29, 1.82) is 0 Å². The second-order valence-electron chi connectivity index (χ2n) is 1.08. The second kappa shape index (κ2) is 2.20. The van der Waals surface area contributed by atoms with Crippen LogP contribution in [-0.4, -0.2) is 0 Å². The van der Waals surface area contributed by atoms with E-state index in [1.54, 1.807) is 0 Å². The molecule has 1 radical (unpaired) electrons. The third kappa shape index (κ3) is 1.08. The Morgan fingerprint density at radius 2 is 2.57 bits per heavy atom. The van der Waals surface area contributed by atoms with Gasteiger partial charge in [0.1, 0.15) is 8.46 Å². The Morgan fingerprint density at radius 3 is 2.86 bits per heavy atom. The molecule has 0 N–H and O–H groups in total. The summed E-state index contributed by atoms with van der Waals surface area (Å²) in [5.74, 6) is 0. The lowest BCUT2D eigenvalue weighted by molar-refractivity contribution is 0.603. The lowest BCUT2D eigenvalue weighted by Gasteiger charge is -1.66. The first-order chi connectivity index (χ1) is 3.43. The summed E-state index contributed by atoms with van der Waals surface area (Å²) < 4.78 is 11.0. The summed E-state index contributed by atoms with van der Waals surface area (Å²) in [6, 6.07) is 3.75. The third-order valence-electron chi connectivity index (χ3n) is 0.622. The van der Waals surface area contributed by atoms with Gasteiger partial charge in [0, 0.05) is 0 Å². The molecule has 0 bridgehead atoms. The van der Waals surface area contributed by atoms with Crippen molar-refractivity contribution >= 4 is 24.4 Å². The molecule has 1 nitrogen and oxygen atoms in total. The van der Waals surface area contributed by atoms with E-state index in [0.29, 0.717) is 0 Å². The van der Waals surface area contributed by atoms with Gasteiger partial charge in [0.05, 0.1) is 4.62 Å². The molecule has 1 aromatic heterocycles. The Kier molecular flexibility index (Phi) is 1.55. The van der Waals surface area contributed by atoms with Crippen LogP contribution in [-0.2, 0) is 4.57 Å². The SMILES string of the molecule is O=[PH]c1cccs1. The predicted molar refractivity (Wildman–Crippen MR) is 33.0 cm³/mol. The van der Waals surface area contributed by atoms with Gasteiger partial charge >= 0.3 is 0 Å². The number of hydrogen-bond donors (Lipinski definition) is 0. The van der Waals surface area contributed by atoms with E-state index in [2.05, 4.69) is 0 Å². The minimum atomic E-state index is -0.277. The molecule has 1 unspecified atom stereocenters. The van der Waals surface area contributed by atoms with Crippen molar-refractivity contribution in [3.05, 3.63) is 17.5 Å². The van der Waals surface area contributed by atoms with Crippen LogP contribution >= 0.6 is 19.8 Å². The van der Waals surface area contributed by atoms with Gasteiger partial charge in [-0.05, 0) is 11.4 Å². The zero-order valence-corrected chi connectivity index (χ0v) is 5.37. The van der Waals surface area contributed by atoms with Crippen molar-refractivity contribution < 1.29 is 4.57 Å². The monoisotopic (exact) mass is 131 g/mol. The van der Waals surface area contributed by atoms with E-state index in [4.69, 9.17) is 0 Å². The molecule has 3 heteroatoms. The maximum atomic E-state index is 10.0. The lowest BCUT2D eigenvalue weighted by atomic mass is 10.7. The standard InChI is InChI=1S/C4H4OPS/c5-6-4-2-1-3-7-4/h1-3,6H. The Bertz CT molecular complexity index is 147. The van der Waals surface area contributed by atoms with Crippen molar-refractivity contribution in [2.75, 3.05) is 0 Å². The van der Waals surface area contributed by atoms with E-state index in [-0.39, 0.29) is 8.46 Å². The van der Waals surface area contributed by atoms with E-state index in [1.165, 1.54) is 11.3 Å². The van der Waals surface area contributed by atoms with E-state index in [0.717, 1.165) is 4.62 Å². The summed E-state index contributed by atoms with van der Waals surface area (Å²) in [6.07, 6.45) is 0. The molecule has 0 saturated heterocycles. The van der Waals surface area contributed by atoms with Crippen molar-refractivity contribution in [2.24, 2.45) is 0 Å². The van der Waals surface area contributed by atoms with E-state index >= 15 is 0 Å². The van der Waals surface area contributed by atoms with Crippen LogP contribution in [0, 0.1) is 0 Å². The molecule has 0 amide bonds. The highest BCUT2D eigenvalue weighted by atomic mass is 32.1. The van der Waals surface area contributed by atoms with Gasteiger partial charge in [-0.25, -0.2) is 0 Å². The molecule has 1 heterocycles. The van der Waals surface area contributed by atoms with Gasteiger partial charge in [-0.15, -0.1) is 11.3 Å². The van der Waals surface area contributed by atoms with Crippen LogP contribution in [0.5, 0.6) is 0 Å². The molecule has 37 valence electrons. The molecule has 1 aromatic rings. The number of hydrogen-bond acceptors (Lipinski definition) is 2. The van der Waals surface area contributed by atoms with E-state index in [1.807, 2.05) is 17.5 Å². The molecule has 1 rings (SSSR count). The minimum Gasteiger partial charge on any atom is -0.284 e. The highest BCUT2D eigenvalue weighted by molar-refractivity contribution is 7.46. The quantitative estimate of drug-likeness (QED) is 0.526. The van der Waals surface area contributed by atoms with Gasteiger partial charge in [-0.2, -0.15) is 0 Å². The molecule has 0 aliphatic heterocycles. The van der Waals surface area contributed by atoms with Crippen LogP contribution < -0.4 is 4.62 Å². The number of rotatable bonds is 1. The number of thiophene rings is 1. The fraction of sp³-hybridized carbons (Fsp3) is 0. The topological polar surface area (TPSA) is 17.1 Å². The van der Waals surface area contributed by atoms with Gasteiger partial charge in [0.2, 0.25) is 0 Å². The van der Waals surface area contributed by atoms with E-state index < -0.39 is 0 Å². The maximum Gasteiger partial charge on any atom is 0.100 e. The third-order valence-corrected chi connectivity index (χ3v) is 2.28. The van der Waals surface area contributed by atoms with Crippen molar-refractivity contribution in [3.63, 3.8) is 0 Å². The summed E-state index contributed by atoms with van der Waals surface area (Å²) in [4.78, 5) is 0. The normalized spacial score (nSPS) is 9.71. The minimum absolute atomic E-state index is 0.277. The summed E-state index contributed by atoms with van der Waals surface area (Å²) in [7, 11) is -0.277. The van der Waals surface area contributed by atoms with Crippen LogP contribution in [0.25, 0.3) is 0 Å². The first-order valence-electron chi connectivity index (χ1n) is 1.85. The van der Waals surface area contributed by atoms with Crippen LogP contribution in [0.2, 0.25) is 0 Å². The Morgan fingerprint density at radius 1 is 1.71 bits per heavy atom. The molecule has 7 heavy (non-hydrogen) atoms.